The maximum atomic E-state index is 5.78. The van der Waals surface area contributed by atoms with E-state index in [1.807, 2.05) is 24.3 Å². The topological polar surface area (TPSA) is 60.2 Å². The summed E-state index contributed by atoms with van der Waals surface area (Å²) in [7, 11) is 0. The van der Waals surface area contributed by atoms with E-state index in [2.05, 4.69) is 22.4 Å². The molecule has 19 heavy (non-hydrogen) atoms. The summed E-state index contributed by atoms with van der Waals surface area (Å²) in [6.45, 7) is 2.95. The Hall–Kier alpha value is -1.88. The minimum atomic E-state index is 0.307. The lowest BCUT2D eigenvalue weighted by Gasteiger charge is -2.13. The molecule has 0 aliphatic carbocycles. The summed E-state index contributed by atoms with van der Waals surface area (Å²) < 4.78 is 11.0. The summed E-state index contributed by atoms with van der Waals surface area (Å²) in [6.07, 6.45) is 4.30. The molecule has 3 rings (SSSR count). The molecule has 5 nitrogen and oxygen atoms in total. The highest BCUT2D eigenvalue weighted by Crippen LogP contribution is 2.22. The number of ether oxygens (including phenoxy) is 1. The third-order valence-electron chi connectivity index (χ3n) is 3.32. The molecule has 1 aliphatic rings. The zero-order valence-corrected chi connectivity index (χ0v) is 10.9. The van der Waals surface area contributed by atoms with Crippen LogP contribution in [0.15, 0.2) is 35.1 Å². The molecule has 1 N–H and O–H groups in total. The highest BCUT2D eigenvalue weighted by atomic mass is 16.5. The number of benzene rings is 1. The summed E-state index contributed by atoms with van der Waals surface area (Å²) in [5.74, 6) is 0.536. The normalized spacial score (nSPS) is 22.6. The quantitative estimate of drug-likeness (QED) is 0.914. The average Bonchev–Trinajstić information content (AvgIpc) is 3.08. The monoisotopic (exact) mass is 259 g/mol. The molecule has 2 atom stereocenters. The minimum Gasteiger partial charge on any atom is -0.423 e. The van der Waals surface area contributed by atoms with Crippen molar-refractivity contribution in [1.82, 2.24) is 10.2 Å². The van der Waals surface area contributed by atoms with Crippen LogP contribution in [0.4, 0.5) is 5.69 Å². The highest BCUT2D eigenvalue weighted by Gasteiger charge is 2.21. The fourth-order valence-corrected chi connectivity index (χ4v) is 2.33. The van der Waals surface area contributed by atoms with Crippen LogP contribution >= 0.6 is 0 Å². The molecule has 0 bridgehead atoms. The Morgan fingerprint density at radius 2 is 2.32 bits per heavy atom. The van der Waals surface area contributed by atoms with Crippen molar-refractivity contribution in [3.8, 4) is 11.5 Å². The van der Waals surface area contributed by atoms with E-state index in [1.165, 1.54) is 6.39 Å². The molecule has 0 saturated carbocycles. The van der Waals surface area contributed by atoms with E-state index >= 15 is 0 Å². The van der Waals surface area contributed by atoms with Gasteiger partial charge in [-0.05, 0) is 38.0 Å². The molecule has 2 heterocycles. The standard InChI is InChI=1S/C14H17N3O2/c1-10-5-6-13(19-10)8-15-12-4-2-3-11(7-12)14-17-16-9-18-14/h2-4,7,9-10,13,15H,5-6,8H2,1H3. The Balaban J connectivity index is 1.63. The van der Waals surface area contributed by atoms with Gasteiger partial charge in [0.15, 0.2) is 0 Å². The number of nitrogens with one attached hydrogen (secondary N) is 1. The molecule has 1 aromatic heterocycles. The van der Waals surface area contributed by atoms with Gasteiger partial charge in [0.1, 0.15) is 0 Å². The molecule has 5 heteroatoms. The summed E-state index contributed by atoms with van der Waals surface area (Å²) in [6, 6.07) is 7.96. The van der Waals surface area contributed by atoms with Gasteiger partial charge in [-0.3, -0.25) is 0 Å². The van der Waals surface area contributed by atoms with Gasteiger partial charge in [0.25, 0.3) is 0 Å². The first-order valence-electron chi connectivity index (χ1n) is 6.57. The summed E-state index contributed by atoms with van der Waals surface area (Å²) in [5, 5.41) is 11.0. The van der Waals surface area contributed by atoms with Gasteiger partial charge in [0.2, 0.25) is 12.3 Å². The van der Waals surface area contributed by atoms with Crippen molar-refractivity contribution in [2.24, 2.45) is 0 Å². The Kier molecular flexibility index (Phi) is 3.46. The van der Waals surface area contributed by atoms with Crippen LogP contribution in [0.1, 0.15) is 19.8 Å². The Labute approximate surface area is 112 Å². The first-order chi connectivity index (χ1) is 9.31. The van der Waals surface area contributed by atoms with Crippen molar-refractivity contribution in [3.05, 3.63) is 30.7 Å². The third kappa shape index (κ3) is 2.93. The maximum Gasteiger partial charge on any atom is 0.247 e. The molecule has 1 saturated heterocycles. The zero-order valence-electron chi connectivity index (χ0n) is 10.9. The molecule has 2 aromatic rings. The molecule has 1 aromatic carbocycles. The van der Waals surface area contributed by atoms with Gasteiger partial charge in [-0.15, -0.1) is 10.2 Å². The SMILES string of the molecule is CC1CCC(CNc2cccc(-c3nnco3)c2)O1. The lowest BCUT2D eigenvalue weighted by Crippen LogP contribution is -2.19. The number of nitrogens with zero attached hydrogens (tertiary/aromatic N) is 2. The van der Waals surface area contributed by atoms with Gasteiger partial charge < -0.3 is 14.5 Å². The predicted molar refractivity (Wildman–Crippen MR) is 71.8 cm³/mol. The van der Waals surface area contributed by atoms with Crippen molar-refractivity contribution in [2.75, 3.05) is 11.9 Å². The summed E-state index contributed by atoms with van der Waals surface area (Å²) in [4.78, 5) is 0. The number of rotatable bonds is 4. The molecule has 0 amide bonds. The fourth-order valence-electron chi connectivity index (χ4n) is 2.33. The maximum absolute atomic E-state index is 5.78. The van der Waals surface area contributed by atoms with Crippen LogP contribution in [0.2, 0.25) is 0 Å². The van der Waals surface area contributed by atoms with Crippen LogP contribution in [0.5, 0.6) is 0 Å². The van der Waals surface area contributed by atoms with E-state index in [0.717, 1.165) is 30.6 Å². The molecule has 100 valence electrons. The van der Waals surface area contributed by atoms with Crippen LogP contribution in [0, 0.1) is 0 Å². The van der Waals surface area contributed by atoms with Gasteiger partial charge in [0.05, 0.1) is 12.2 Å². The van der Waals surface area contributed by atoms with Gasteiger partial charge in [-0.2, -0.15) is 0 Å². The number of hydrogen-bond donors (Lipinski definition) is 1. The van der Waals surface area contributed by atoms with E-state index in [4.69, 9.17) is 9.15 Å². The van der Waals surface area contributed by atoms with Crippen LogP contribution < -0.4 is 5.32 Å². The fraction of sp³-hybridized carbons (Fsp3) is 0.429. The summed E-state index contributed by atoms with van der Waals surface area (Å²) in [5.41, 5.74) is 1.96. The molecule has 2 unspecified atom stereocenters. The molecular formula is C14H17N3O2. The number of hydrogen-bond acceptors (Lipinski definition) is 5. The first-order valence-corrected chi connectivity index (χ1v) is 6.57. The Morgan fingerprint density at radius 3 is 3.05 bits per heavy atom. The minimum absolute atomic E-state index is 0.307. The Morgan fingerprint density at radius 1 is 1.37 bits per heavy atom. The van der Waals surface area contributed by atoms with E-state index in [0.29, 0.717) is 18.1 Å². The van der Waals surface area contributed by atoms with E-state index in [9.17, 15) is 0 Å². The van der Waals surface area contributed by atoms with Crippen molar-refractivity contribution in [2.45, 2.75) is 32.0 Å². The van der Waals surface area contributed by atoms with Gasteiger partial charge >= 0.3 is 0 Å². The molecule has 0 radical (unpaired) electrons. The van der Waals surface area contributed by atoms with E-state index in [-0.39, 0.29) is 0 Å². The van der Waals surface area contributed by atoms with Crippen molar-refractivity contribution >= 4 is 5.69 Å². The largest absolute Gasteiger partial charge is 0.423 e. The molecule has 1 fully saturated rings. The van der Waals surface area contributed by atoms with Crippen molar-refractivity contribution in [3.63, 3.8) is 0 Å². The summed E-state index contributed by atoms with van der Waals surface area (Å²) >= 11 is 0. The van der Waals surface area contributed by atoms with Crippen molar-refractivity contribution in [1.29, 1.82) is 0 Å². The Bertz CT molecular complexity index is 527. The van der Waals surface area contributed by atoms with Crippen LogP contribution in [0.25, 0.3) is 11.5 Å². The number of aromatic nitrogens is 2. The van der Waals surface area contributed by atoms with E-state index in [1.54, 1.807) is 0 Å². The van der Waals surface area contributed by atoms with E-state index < -0.39 is 0 Å². The van der Waals surface area contributed by atoms with Gasteiger partial charge in [-0.25, -0.2) is 0 Å². The van der Waals surface area contributed by atoms with Gasteiger partial charge in [-0.1, -0.05) is 6.07 Å². The zero-order chi connectivity index (χ0) is 13.1. The van der Waals surface area contributed by atoms with Crippen molar-refractivity contribution < 1.29 is 9.15 Å². The second-order valence-corrected chi connectivity index (χ2v) is 4.85. The lowest BCUT2D eigenvalue weighted by molar-refractivity contribution is 0.0637. The second kappa shape index (κ2) is 5.40. The molecule has 1 aliphatic heterocycles. The number of anilines is 1. The predicted octanol–water partition coefficient (Wildman–Crippen LogP) is 2.72. The first kappa shape index (κ1) is 12.2. The smallest absolute Gasteiger partial charge is 0.247 e. The molecular weight excluding hydrogens is 242 g/mol. The highest BCUT2D eigenvalue weighted by molar-refractivity contribution is 5.60. The van der Waals surface area contributed by atoms with Crippen LogP contribution in [-0.4, -0.2) is 29.0 Å². The molecule has 0 spiro atoms. The van der Waals surface area contributed by atoms with Gasteiger partial charge in [0, 0.05) is 17.8 Å². The third-order valence-corrected chi connectivity index (χ3v) is 3.32. The van der Waals surface area contributed by atoms with Crippen LogP contribution in [-0.2, 0) is 4.74 Å². The second-order valence-electron chi connectivity index (χ2n) is 4.85. The average molecular weight is 259 g/mol. The van der Waals surface area contributed by atoms with Crippen LogP contribution in [0.3, 0.4) is 0 Å². The lowest BCUT2D eigenvalue weighted by atomic mass is 10.2.